The smallest absolute Gasteiger partial charge is 0.0777 e. The van der Waals surface area contributed by atoms with E-state index in [0.29, 0.717) is 0 Å². The van der Waals surface area contributed by atoms with Crippen LogP contribution >= 0.6 is 11.6 Å². The van der Waals surface area contributed by atoms with E-state index < -0.39 is 0 Å². The Morgan fingerprint density at radius 2 is 1.59 bits per heavy atom. The van der Waals surface area contributed by atoms with Crippen molar-refractivity contribution in [2.45, 2.75) is 63.8 Å². The van der Waals surface area contributed by atoms with Crippen molar-refractivity contribution in [3.05, 3.63) is 76.7 Å². The summed E-state index contributed by atoms with van der Waals surface area (Å²) in [6.07, 6.45) is 17.5. The zero-order chi connectivity index (χ0) is 25.5. The molecule has 0 aliphatic carbocycles. The standard InChI is InChI=1S/C31H44ClN5/c32-28-16-14-27(15-17-28)31(30-13-5-8-20-35-30)37-25-23-36(24-26-37)22-9-3-1-2-6-18-33-19-7-4-11-29-12-10-21-34-29/h5,8,12-17,20-21,31,33H,1-4,6-7,9-11,18-19,22-26H2. The van der Waals surface area contributed by atoms with Gasteiger partial charge in [-0.05, 0) is 81.6 Å². The number of unbranched alkanes of at least 4 members (excludes halogenated alkanes) is 5. The van der Waals surface area contributed by atoms with E-state index in [2.05, 4.69) is 50.5 Å². The van der Waals surface area contributed by atoms with Crippen molar-refractivity contribution in [1.29, 1.82) is 0 Å². The summed E-state index contributed by atoms with van der Waals surface area (Å²) >= 11 is 6.16. The Morgan fingerprint density at radius 1 is 0.838 bits per heavy atom. The summed E-state index contributed by atoms with van der Waals surface area (Å²) in [5.41, 5.74) is 3.67. The molecule has 200 valence electrons. The van der Waals surface area contributed by atoms with Gasteiger partial charge in [0.2, 0.25) is 0 Å². The fourth-order valence-electron chi connectivity index (χ4n) is 5.37. The van der Waals surface area contributed by atoms with Crippen LogP contribution in [0.2, 0.25) is 5.02 Å². The van der Waals surface area contributed by atoms with Gasteiger partial charge in [-0.2, -0.15) is 0 Å². The van der Waals surface area contributed by atoms with Gasteiger partial charge in [0.25, 0.3) is 0 Å². The second-order valence-electron chi connectivity index (χ2n) is 10.3. The molecule has 2 aliphatic rings. The summed E-state index contributed by atoms with van der Waals surface area (Å²) in [5.74, 6) is 0. The molecule has 5 nitrogen and oxygen atoms in total. The molecule has 0 saturated carbocycles. The van der Waals surface area contributed by atoms with Crippen molar-refractivity contribution >= 4 is 17.8 Å². The maximum Gasteiger partial charge on any atom is 0.0777 e. The van der Waals surface area contributed by atoms with Gasteiger partial charge in [-0.15, -0.1) is 0 Å². The van der Waals surface area contributed by atoms with Crippen molar-refractivity contribution in [2.24, 2.45) is 4.99 Å². The third-order valence-electron chi connectivity index (χ3n) is 7.51. The molecule has 1 aromatic heterocycles. The van der Waals surface area contributed by atoms with Gasteiger partial charge in [0.15, 0.2) is 0 Å². The number of hydrogen-bond donors (Lipinski definition) is 1. The molecule has 1 unspecified atom stereocenters. The largest absolute Gasteiger partial charge is 0.317 e. The van der Waals surface area contributed by atoms with Crippen LogP contribution in [0.1, 0.15) is 75.1 Å². The fourth-order valence-corrected chi connectivity index (χ4v) is 5.50. The van der Waals surface area contributed by atoms with Gasteiger partial charge in [-0.3, -0.25) is 14.9 Å². The summed E-state index contributed by atoms with van der Waals surface area (Å²) in [5, 5.41) is 4.39. The molecule has 2 aromatic rings. The molecule has 1 aromatic carbocycles. The second kappa shape index (κ2) is 16.0. The first kappa shape index (κ1) is 28.0. The van der Waals surface area contributed by atoms with E-state index in [9.17, 15) is 0 Å². The van der Waals surface area contributed by atoms with Crippen molar-refractivity contribution in [3.8, 4) is 0 Å². The lowest BCUT2D eigenvalue weighted by Gasteiger charge is -2.39. The molecule has 0 amide bonds. The van der Waals surface area contributed by atoms with Crippen LogP contribution in [0.25, 0.3) is 0 Å². The molecule has 0 bridgehead atoms. The Labute approximate surface area is 229 Å². The summed E-state index contributed by atoms with van der Waals surface area (Å²) in [4.78, 5) is 14.3. The lowest BCUT2D eigenvalue weighted by molar-refractivity contribution is 0.107. The number of allylic oxidation sites excluding steroid dienone is 2. The van der Waals surface area contributed by atoms with E-state index in [0.717, 1.165) is 62.8 Å². The molecule has 3 heterocycles. The number of halogens is 1. The molecule has 2 aliphatic heterocycles. The number of aromatic nitrogens is 1. The molecular formula is C31H44ClN5. The summed E-state index contributed by atoms with van der Waals surface area (Å²) in [7, 11) is 0. The lowest BCUT2D eigenvalue weighted by Crippen LogP contribution is -2.48. The third kappa shape index (κ3) is 9.64. The highest BCUT2D eigenvalue weighted by molar-refractivity contribution is 6.30. The molecule has 6 heteroatoms. The SMILES string of the molecule is Clc1ccc(C(c2ccccn2)N2CCN(CCCCCCCNCCCCC3=CCC=N3)CC2)cc1. The van der Waals surface area contributed by atoms with Crippen molar-refractivity contribution < 1.29 is 0 Å². The van der Waals surface area contributed by atoms with E-state index in [1.165, 1.54) is 62.8 Å². The number of pyridine rings is 1. The highest BCUT2D eigenvalue weighted by Gasteiger charge is 2.27. The van der Waals surface area contributed by atoms with Gasteiger partial charge < -0.3 is 10.2 Å². The van der Waals surface area contributed by atoms with Gasteiger partial charge in [0.1, 0.15) is 0 Å². The molecule has 1 N–H and O–H groups in total. The Kier molecular flexibility index (Phi) is 12.1. The zero-order valence-corrected chi connectivity index (χ0v) is 23.1. The van der Waals surface area contributed by atoms with Gasteiger partial charge in [-0.1, -0.05) is 55.1 Å². The minimum Gasteiger partial charge on any atom is -0.317 e. The first-order valence-corrected chi connectivity index (χ1v) is 14.7. The van der Waals surface area contributed by atoms with Crippen LogP contribution in [-0.4, -0.2) is 66.8 Å². The monoisotopic (exact) mass is 521 g/mol. The number of hydrogen-bond acceptors (Lipinski definition) is 5. The van der Waals surface area contributed by atoms with Gasteiger partial charge >= 0.3 is 0 Å². The number of piperazine rings is 1. The second-order valence-corrected chi connectivity index (χ2v) is 10.7. The summed E-state index contributed by atoms with van der Waals surface area (Å²) < 4.78 is 0. The van der Waals surface area contributed by atoms with Crippen molar-refractivity contribution in [1.82, 2.24) is 20.1 Å². The van der Waals surface area contributed by atoms with E-state index in [-0.39, 0.29) is 6.04 Å². The van der Waals surface area contributed by atoms with E-state index in [1.54, 1.807) is 0 Å². The van der Waals surface area contributed by atoms with Gasteiger partial charge in [0.05, 0.1) is 11.7 Å². The number of nitrogens with one attached hydrogen (secondary N) is 1. The highest BCUT2D eigenvalue weighted by atomic mass is 35.5. The molecule has 4 rings (SSSR count). The predicted molar refractivity (Wildman–Crippen MR) is 157 cm³/mol. The van der Waals surface area contributed by atoms with E-state index in [1.807, 2.05) is 30.6 Å². The van der Waals surface area contributed by atoms with Crippen LogP contribution in [0.15, 0.2) is 65.4 Å². The quantitative estimate of drug-likeness (QED) is 0.256. The van der Waals surface area contributed by atoms with Crippen LogP contribution in [0, 0.1) is 0 Å². The van der Waals surface area contributed by atoms with Gasteiger partial charge in [-0.25, -0.2) is 0 Å². The molecule has 1 fully saturated rings. The van der Waals surface area contributed by atoms with Crippen LogP contribution in [0.4, 0.5) is 0 Å². The first-order valence-electron chi connectivity index (χ1n) is 14.3. The first-order chi connectivity index (χ1) is 18.3. The predicted octanol–water partition coefficient (Wildman–Crippen LogP) is 6.51. The van der Waals surface area contributed by atoms with E-state index in [4.69, 9.17) is 16.6 Å². The van der Waals surface area contributed by atoms with Crippen LogP contribution < -0.4 is 5.32 Å². The minimum absolute atomic E-state index is 0.188. The Balaban J connectivity index is 1.05. The molecule has 1 saturated heterocycles. The van der Waals surface area contributed by atoms with Crippen LogP contribution in [0.5, 0.6) is 0 Å². The minimum atomic E-state index is 0.188. The average Bonchev–Trinajstić information content (AvgIpc) is 3.46. The number of aliphatic imine (C=N–C) groups is 1. The Bertz CT molecular complexity index is 951. The average molecular weight is 522 g/mol. The number of rotatable bonds is 16. The summed E-state index contributed by atoms with van der Waals surface area (Å²) in [6.45, 7) is 7.92. The fraction of sp³-hybridized carbons (Fsp3) is 0.548. The summed E-state index contributed by atoms with van der Waals surface area (Å²) in [6, 6.07) is 14.7. The third-order valence-corrected chi connectivity index (χ3v) is 7.76. The lowest BCUT2D eigenvalue weighted by atomic mass is 10.0. The molecule has 0 spiro atoms. The molecular weight excluding hydrogens is 478 g/mol. The van der Waals surface area contributed by atoms with Crippen LogP contribution in [-0.2, 0) is 0 Å². The van der Waals surface area contributed by atoms with Crippen molar-refractivity contribution in [2.75, 3.05) is 45.8 Å². The van der Waals surface area contributed by atoms with E-state index >= 15 is 0 Å². The molecule has 0 radical (unpaired) electrons. The number of nitrogens with zero attached hydrogens (tertiary/aromatic N) is 4. The Morgan fingerprint density at radius 3 is 2.32 bits per heavy atom. The Hall–Kier alpha value is -2.05. The topological polar surface area (TPSA) is 43.8 Å². The zero-order valence-electron chi connectivity index (χ0n) is 22.3. The van der Waals surface area contributed by atoms with Crippen LogP contribution in [0.3, 0.4) is 0 Å². The van der Waals surface area contributed by atoms with Crippen molar-refractivity contribution in [3.63, 3.8) is 0 Å². The number of benzene rings is 1. The normalized spacial score (nSPS) is 17.3. The maximum atomic E-state index is 6.16. The molecule has 37 heavy (non-hydrogen) atoms. The highest BCUT2D eigenvalue weighted by Crippen LogP contribution is 2.29. The van der Waals surface area contributed by atoms with Gasteiger partial charge in [0, 0.05) is 55.7 Å². The maximum absolute atomic E-state index is 6.16. The molecule has 1 atom stereocenters.